The molecule has 2 heterocycles. The van der Waals surface area contributed by atoms with Gasteiger partial charge in [0.1, 0.15) is 0 Å². The second-order valence-corrected chi connectivity index (χ2v) is 5.56. The van der Waals surface area contributed by atoms with E-state index in [0.29, 0.717) is 24.8 Å². The number of likely N-dealkylation sites (tertiary alicyclic amines) is 1. The third kappa shape index (κ3) is 3.75. The van der Waals surface area contributed by atoms with Crippen molar-refractivity contribution in [1.29, 1.82) is 0 Å². The van der Waals surface area contributed by atoms with Gasteiger partial charge in [0.05, 0.1) is 24.9 Å². The first-order chi connectivity index (χ1) is 10.2. The number of nitrogens with one attached hydrogen (secondary N) is 1. The Morgan fingerprint density at radius 2 is 2.33 bits per heavy atom. The van der Waals surface area contributed by atoms with E-state index < -0.39 is 0 Å². The molecular weight excluding hydrogens is 270 g/mol. The lowest BCUT2D eigenvalue weighted by Gasteiger charge is -2.22. The summed E-state index contributed by atoms with van der Waals surface area (Å²) in [7, 11) is 0. The number of hydrogen-bond donors (Lipinski definition) is 2. The van der Waals surface area contributed by atoms with Crippen LogP contribution >= 0.6 is 0 Å². The number of amides is 2. The van der Waals surface area contributed by atoms with Crippen LogP contribution in [-0.2, 0) is 6.54 Å². The normalized spacial score (nSPS) is 18.5. The molecule has 1 aliphatic rings. The van der Waals surface area contributed by atoms with E-state index in [4.69, 9.17) is 4.52 Å². The standard InChI is InChI=1S/C15H25N3O3/c1-3-11(4-2)14-8-13(21-17-14)9-16-15(20)18-7-5-6-12(18)10-19/h8,11-12,19H,3-7,9-10H2,1-2H3,(H,16,20)/t12-/m1/s1. The van der Waals surface area contributed by atoms with Gasteiger partial charge in [0.2, 0.25) is 0 Å². The van der Waals surface area contributed by atoms with Crippen LogP contribution in [0.3, 0.4) is 0 Å². The Balaban J connectivity index is 1.87. The topological polar surface area (TPSA) is 78.6 Å². The summed E-state index contributed by atoms with van der Waals surface area (Å²) in [5.74, 6) is 1.08. The first kappa shape index (κ1) is 15.8. The molecule has 1 aromatic rings. The quantitative estimate of drug-likeness (QED) is 0.843. The zero-order valence-electron chi connectivity index (χ0n) is 12.8. The van der Waals surface area contributed by atoms with Crippen molar-refractivity contribution in [3.63, 3.8) is 0 Å². The SMILES string of the molecule is CCC(CC)c1cc(CNC(=O)N2CCC[C@@H]2CO)on1. The lowest BCUT2D eigenvalue weighted by molar-refractivity contribution is 0.156. The minimum absolute atomic E-state index is 0.0224. The van der Waals surface area contributed by atoms with Gasteiger partial charge >= 0.3 is 6.03 Å². The van der Waals surface area contributed by atoms with Gasteiger partial charge in [-0.15, -0.1) is 0 Å². The van der Waals surface area contributed by atoms with Crippen molar-refractivity contribution in [3.8, 4) is 0 Å². The Morgan fingerprint density at radius 3 is 3.00 bits per heavy atom. The van der Waals surface area contributed by atoms with Crippen LogP contribution in [0.2, 0.25) is 0 Å². The highest BCUT2D eigenvalue weighted by Gasteiger charge is 2.28. The summed E-state index contributed by atoms with van der Waals surface area (Å²) < 4.78 is 5.28. The average molecular weight is 295 g/mol. The highest BCUT2D eigenvalue weighted by atomic mass is 16.5. The van der Waals surface area contributed by atoms with E-state index in [-0.39, 0.29) is 18.7 Å². The number of carbonyl (C=O) groups excluding carboxylic acids is 1. The van der Waals surface area contributed by atoms with Crippen molar-refractivity contribution in [1.82, 2.24) is 15.4 Å². The summed E-state index contributed by atoms with van der Waals surface area (Å²) in [5, 5.41) is 16.2. The van der Waals surface area contributed by atoms with E-state index in [2.05, 4.69) is 24.3 Å². The zero-order valence-corrected chi connectivity index (χ0v) is 12.8. The molecule has 0 saturated carbocycles. The Kier molecular flexibility index (Phi) is 5.61. The van der Waals surface area contributed by atoms with Crippen molar-refractivity contribution in [2.45, 2.75) is 58.0 Å². The molecular formula is C15H25N3O3. The van der Waals surface area contributed by atoms with Gasteiger partial charge in [-0.3, -0.25) is 0 Å². The molecule has 0 bridgehead atoms. The average Bonchev–Trinajstić information content (AvgIpc) is 3.15. The molecule has 1 atom stereocenters. The van der Waals surface area contributed by atoms with E-state index >= 15 is 0 Å². The first-order valence-electron chi connectivity index (χ1n) is 7.80. The zero-order chi connectivity index (χ0) is 15.2. The van der Waals surface area contributed by atoms with Crippen molar-refractivity contribution in [2.24, 2.45) is 0 Å². The molecule has 0 unspecified atom stereocenters. The van der Waals surface area contributed by atoms with Gasteiger partial charge in [-0.25, -0.2) is 4.79 Å². The number of urea groups is 1. The molecule has 2 rings (SSSR count). The predicted octanol–water partition coefficient (Wildman–Crippen LogP) is 2.24. The Hall–Kier alpha value is -1.56. The van der Waals surface area contributed by atoms with E-state index in [1.54, 1.807) is 4.90 Å². The van der Waals surface area contributed by atoms with Gasteiger partial charge in [-0.05, 0) is 25.7 Å². The van der Waals surface area contributed by atoms with Crippen LogP contribution in [0.4, 0.5) is 4.79 Å². The summed E-state index contributed by atoms with van der Waals surface area (Å²) in [5.41, 5.74) is 0.957. The molecule has 6 nitrogen and oxygen atoms in total. The molecule has 0 spiro atoms. The summed E-state index contributed by atoms with van der Waals surface area (Å²) >= 11 is 0. The summed E-state index contributed by atoms with van der Waals surface area (Å²) in [6.45, 7) is 5.32. The van der Waals surface area contributed by atoms with Crippen molar-refractivity contribution >= 4 is 6.03 Å². The van der Waals surface area contributed by atoms with Crippen molar-refractivity contribution < 1.29 is 14.4 Å². The molecule has 1 fully saturated rings. The second kappa shape index (κ2) is 7.45. The molecule has 6 heteroatoms. The van der Waals surface area contributed by atoms with Gasteiger partial charge in [0.25, 0.3) is 0 Å². The third-order valence-corrected chi connectivity index (χ3v) is 4.24. The highest BCUT2D eigenvalue weighted by Crippen LogP contribution is 2.22. The molecule has 1 aliphatic heterocycles. The highest BCUT2D eigenvalue weighted by molar-refractivity contribution is 5.74. The lowest BCUT2D eigenvalue weighted by atomic mass is 9.99. The van der Waals surface area contributed by atoms with Crippen LogP contribution in [0, 0.1) is 0 Å². The van der Waals surface area contributed by atoms with Gasteiger partial charge < -0.3 is 19.8 Å². The maximum absolute atomic E-state index is 12.1. The Bertz CT molecular complexity index is 457. The fourth-order valence-electron chi connectivity index (χ4n) is 2.87. The van der Waals surface area contributed by atoms with E-state index in [0.717, 1.165) is 31.4 Å². The molecule has 2 amide bonds. The van der Waals surface area contributed by atoms with E-state index in [9.17, 15) is 9.90 Å². The molecule has 21 heavy (non-hydrogen) atoms. The third-order valence-electron chi connectivity index (χ3n) is 4.24. The first-order valence-corrected chi connectivity index (χ1v) is 7.80. The monoisotopic (exact) mass is 295 g/mol. The molecule has 0 aliphatic carbocycles. The number of rotatable bonds is 6. The van der Waals surface area contributed by atoms with Crippen molar-refractivity contribution in [2.75, 3.05) is 13.2 Å². The molecule has 0 aromatic carbocycles. The number of aromatic nitrogens is 1. The molecule has 0 radical (unpaired) electrons. The maximum Gasteiger partial charge on any atom is 0.318 e. The Labute approximate surface area is 125 Å². The fraction of sp³-hybridized carbons (Fsp3) is 0.733. The largest absolute Gasteiger partial charge is 0.394 e. The minimum atomic E-state index is -0.146. The number of hydrogen-bond acceptors (Lipinski definition) is 4. The number of nitrogens with zero attached hydrogens (tertiary/aromatic N) is 2. The van der Waals surface area contributed by atoms with Crippen LogP contribution in [0.1, 0.15) is 56.9 Å². The van der Waals surface area contributed by atoms with Crippen LogP contribution in [0.25, 0.3) is 0 Å². The molecule has 1 saturated heterocycles. The van der Waals surface area contributed by atoms with Crippen molar-refractivity contribution in [3.05, 3.63) is 17.5 Å². The minimum Gasteiger partial charge on any atom is -0.394 e. The van der Waals surface area contributed by atoms with Gasteiger partial charge in [-0.2, -0.15) is 0 Å². The number of aliphatic hydroxyl groups is 1. The summed E-state index contributed by atoms with van der Waals surface area (Å²) in [4.78, 5) is 13.8. The molecule has 1 aromatic heterocycles. The number of carbonyl (C=O) groups is 1. The van der Waals surface area contributed by atoms with E-state index in [1.165, 1.54) is 0 Å². The second-order valence-electron chi connectivity index (χ2n) is 5.56. The number of aliphatic hydroxyl groups excluding tert-OH is 1. The fourth-order valence-corrected chi connectivity index (χ4v) is 2.87. The van der Waals surface area contributed by atoms with E-state index in [1.807, 2.05) is 6.07 Å². The van der Waals surface area contributed by atoms with Crippen LogP contribution in [0.5, 0.6) is 0 Å². The smallest absolute Gasteiger partial charge is 0.318 e. The maximum atomic E-state index is 12.1. The van der Waals surface area contributed by atoms with Crippen LogP contribution < -0.4 is 5.32 Å². The van der Waals surface area contributed by atoms with Gasteiger partial charge in [-0.1, -0.05) is 19.0 Å². The van der Waals surface area contributed by atoms with Gasteiger partial charge in [0.15, 0.2) is 5.76 Å². The lowest BCUT2D eigenvalue weighted by Crippen LogP contribution is -2.43. The van der Waals surface area contributed by atoms with Crippen LogP contribution in [-0.4, -0.2) is 40.4 Å². The molecule has 2 N–H and O–H groups in total. The Morgan fingerprint density at radius 1 is 1.57 bits per heavy atom. The predicted molar refractivity (Wildman–Crippen MR) is 78.9 cm³/mol. The summed E-state index contributed by atoms with van der Waals surface area (Å²) in [6, 6.07) is 1.72. The summed E-state index contributed by atoms with van der Waals surface area (Å²) in [6.07, 6.45) is 3.87. The van der Waals surface area contributed by atoms with Gasteiger partial charge in [0, 0.05) is 18.5 Å². The van der Waals surface area contributed by atoms with Crippen LogP contribution in [0.15, 0.2) is 10.6 Å². The molecule has 118 valence electrons.